The molecular weight excluding hydrogens is 204 g/mol. The van der Waals surface area contributed by atoms with Gasteiger partial charge in [-0.25, -0.2) is 0 Å². The number of hydrogen-bond acceptors (Lipinski definition) is 3. The fourth-order valence-corrected chi connectivity index (χ4v) is 1.43. The number of para-hydroxylation sites is 1. The lowest BCUT2D eigenvalue weighted by atomic mass is 10.1. The minimum absolute atomic E-state index is 0.0649. The van der Waals surface area contributed by atoms with E-state index < -0.39 is 0 Å². The summed E-state index contributed by atoms with van der Waals surface area (Å²) >= 11 is 0. The Hall–Kier alpha value is -1.35. The summed E-state index contributed by atoms with van der Waals surface area (Å²) < 4.78 is 10.4. The molecular formula is C13H18O3. The van der Waals surface area contributed by atoms with Gasteiger partial charge in [0.15, 0.2) is 5.78 Å². The Kier molecular flexibility index (Phi) is 5.57. The number of ether oxygens (including phenoxy) is 2. The largest absolute Gasteiger partial charge is 0.493 e. The molecule has 3 heteroatoms. The van der Waals surface area contributed by atoms with Crippen LogP contribution in [0.5, 0.6) is 5.75 Å². The first-order chi connectivity index (χ1) is 7.77. The van der Waals surface area contributed by atoms with Crippen molar-refractivity contribution in [3.8, 4) is 5.75 Å². The second-order valence-electron chi connectivity index (χ2n) is 3.60. The first-order valence-electron chi connectivity index (χ1n) is 5.49. The molecule has 0 aromatic heterocycles. The second kappa shape index (κ2) is 7.01. The van der Waals surface area contributed by atoms with E-state index in [4.69, 9.17) is 9.47 Å². The van der Waals surface area contributed by atoms with Crippen molar-refractivity contribution in [3.63, 3.8) is 0 Å². The van der Waals surface area contributed by atoms with Gasteiger partial charge in [0, 0.05) is 19.1 Å². The Bertz CT molecular complexity index is 334. The fraction of sp³-hybridized carbons (Fsp3) is 0.462. The van der Waals surface area contributed by atoms with Crippen LogP contribution in [0.25, 0.3) is 0 Å². The van der Waals surface area contributed by atoms with Gasteiger partial charge in [0.05, 0.1) is 6.61 Å². The van der Waals surface area contributed by atoms with Gasteiger partial charge in [0.2, 0.25) is 0 Å². The van der Waals surface area contributed by atoms with Crippen LogP contribution < -0.4 is 4.74 Å². The molecule has 0 N–H and O–H groups in total. The van der Waals surface area contributed by atoms with Gasteiger partial charge in [0.25, 0.3) is 0 Å². The van der Waals surface area contributed by atoms with Crippen LogP contribution in [-0.2, 0) is 16.0 Å². The Labute approximate surface area is 96.4 Å². The van der Waals surface area contributed by atoms with Crippen LogP contribution >= 0.6 is 0 Å². The normalized spacial score (nSPS) is 10.1. The highest BCUT2D eigenvalue weighted by molar-refractivity contribution is 5.82. The zero-order chi connectivity index (χ0) is 11.8. The molecule has 0 amide bonds. The first-order valence-corrected chi connectivity index (χ1v) is 5.49. The lowest BCUT2D eigenvalue weighted by Gasteiger charge is -2.09. The molecule has 88 valence electrons. The number of methoxy groups -OCH3 is 1. The molecule has 1 aromatic rings. The Morgan fingerprint density at radius 1 is 1.31 bits per heavy atom. The molecule has 0 unspecified atom stereocenters. The molecule has 0 saturated carbocycles. The van der Waals surface area contributed by atoms with Gasteiger partial charge >= 0.3 is 0 Å². The molecule has 0 fully saturated rings. The van der Waals surface area contributed by atoms with E-state index in [1.165, 1.54) is 7.11 Å². The summed E-state index contributed by atoms with van der Waals surface area (Å²) in [5.74, 6) is 0.865. The van der Waals surface area contributed by atoms with Crippen LogP contribution in [-0.4, -0.2) is 26.1 Å². The maximum atomic E-state index is 11.5. The molecule has 0 spiro atoms. The molecule has 1 rings (SSSR count). The predicted octanol–water partition coefficient (Wildman–Crippen LogP) is 2.23. The topological polar surface area (TPSA) is 35.5 Å². The molecule has 1 aromatic carbocycles. The summed E-state index contributed by atoms with van der Waals surface area (Å²) in [6.45, 7) is 2.89. The van der Waals surface area contributed by atoms with Crippen molar-refractivity contribution in [1.29, 1.82) is 0 Å². The zero-order valence-electron chi connectivity index (χ0n) is 9.86. The van der Waals surface area contributed by atoms with Crippen LogP contribution in [0.3, 0.4) is 0 Å². The highest BCUT2D eigenvalue weighted by atomic mass is 16.5. The summed E-state index contributed by atoms with van der Waals surface area (Å²) in [7, 11) is 1.53. The van der Waals surface area contributed by atoms with Crippen molar-refractivity contribution in [2.45, 2.75) is 19.8 Å². The molecule has 0 radical (unpaired) electrons. The van der Waals surface area contributed by atoms with E-state index in [0.29, 0.717) is 13.0 Å². The van der Waals surface area contributed by atoms with Crippen molar-refractivity contribution >= 4 is 5.78 Å². The zero-order valence-corrected chi connectivity index (χ0v) is 9.86. The third-order valence-corrected chi connectivity index (χ3v) is 2.13. The second-order valence-corrected chi connectivity index (χ2v) is 3.60. The van der Waals surface area contributed by atoms with E-state index in [0.717, 1.165) is 17.7 Å². The standard InChI is InChI=1S/C13H18O3/c1-3-8-16-13-7-5-4-6-11(13)9-12(14)10-15-2/h4-7H,3,8-10H2,1-2H3. The fourth-order valence-electron chi connectivity index (χ4n) is 1.43. The van der Waals surface area contributed by atoms with E-state index in [-0.39, 0.29) is 12.4 Å². The third-order valence-electron chi connectivity index (χ3n) is 2.13. The minimum atomic E-state index is 0.0649. The number of hydrogen-bond donors (Lipinski definition) is 0. The summed E-state index contributed by atoms with van der Waals surface area (Å²) in [4.78, 5) is 11.5. The molecule has 3 nitrogen and oxygen atoms in total. The number of carbonyl (C=O) groups excluding carboxylic acids is 1. The summed E-state index contributed by atoms with van der Waals surface area (Å²) in [5, 5.41) is 0. The maximum Gasteiger partial charge on any atom is 0.162 e. The summed E-state index contributed by atoms with van der Waals surface area (Å²) in [5.41, 5.74) is 0.929. The van der Waals surface area contributed by atoms with Gasteiger partial charge in [-0.15, -0.1) is 0 Å². The van der Waals surface area contributed by atoms with Crippen LogP contribution in [0.2, 0.25) is 0 Å². The Morgan fingerprint density at radius 2 is 2.06 bits per heavy atom. The number of Topliss-reactive ketones (excluding diaryl/α,β-unsaturated/α-hetero) is 1. The van der Waals surface area contributed by atoms with Gasteiger partial charge < -0.3 is 9.47 Å². The highest BCUT2D eigenvalue weighted by Gasteiger charge is 2.08. The van der Waals surface area contributed by atoms with Crippen LogP contribution in [0, 0.1) is 0 Å². The SMILES string of the molecule is CCCOc1ccccc1CC(=O)COC. The molecule has 0 aliphatic heterocycles. The molecule has 0 atom stereocenters. The van der Waals surface area contributed by atoms with E-state index in [2.05, 4.69) is 6.92 Å². The highest BCUT2D eigenvalue weighted by Crippen LogP contribution is 2.18. The van der Waals surface area contributed by atoms with Crippen molar-refractivity contribution in [2.75, 3.05) is 20.3 Å². The van der Waals surface area contributed by atoms with Gasteiger partial charge in [0.1, 0.15) is 12.4 Å². The maximum absolute atomic E-state index is 11.5. The number of rotatable bonds is 7. The van der Waals surface area contributed by atoms with Gasteiger partial charge in [-0.1, -0.05) is 25.1 Å². The predicted molar refractivity (Wildman–Crippen MR) is 62.8 cm³/mol. The molecule has 16 heavy (non-hydrogen) atoms. The van der Waals surface area contributed by atoms with Crippen molar-refractivity contribution in [2.24, 2.45) is 0 Å². The van der Waals surface area contributed by atoms with E-state index in [1.807, 2.05) is 24.3 Å². The molecule has 0 saturated heterocycles. The van der Waals surface area contributed by atoms with E-state index >= 15 is 0 Å². The number of ketones is 1. The van der Waals surface area contributed by atoms with Crippen molar-refractivity contribution < 1.29 is 14.3 Å². The summed E-state index contributed by atoms with van der Waals surface area (Å²) in [6, 6.07) is 7.63. The lowest BCUT2D eigenvalue weighted by Crippen LogP contribution is -2.11. The van der Waals surface area contributed by atoms with Gasteiger partial charge in [-0.05, 0) is 12.5 Å². The van der Waals surface area contributed by atoms with Crippen LogP contribution in [0.15, 0.2) is 24.3 Å². The van der Waals surface area contributed by atoms with Crippen LogP contribution in [0.4, 0.5) is 0 Å². The van der Waals surface area contributed by atoms with Crippen LogP contribution in [0.1, 0.15) is 18.9 Å². The number of carbonyl (C=O) groups is 1. The van der Waals surface area contributed by atoms with Gasteiger partial charge in [-0.3, -0.25) is 4.79 Å². The quantitative estimate of drug-likeness (QED) is 0.709. The minimum Gasteiger partial charge on any atom is -0.493 e. The Balaban J connectivity index is 2.66. The lowest BCUT2D eigenvalue weighted by molar-refractivity contribution is -0.122. The van der Waals surface area contributed by atoms with E-state index in [1.54, 1.807) is 0 Å². The molecule has 0 aliphatic carbocycles. The smallest absolute Gasteiger partial charge is 0.162 e. The molecule has 0 heterocycles. The third kappa shape index (κ3) is 4.03. The first kappa shape index (κ1) is 12.7. The van der Waals surface area contributed by atoms with Crippen molar-refractivity contribution in [1.82, 2.24) is 0 Å². The van der Waals surface area contributed by atoms with Gasteiger partial charge in [-0.2, -0.15) is 0 Å². The summed E-state index contributed by atoms with van der Waals surface area (Å²) in [6.07, 6.45) is 1.33. The molecule has 0 bridgehead atoms. The molecule has 0 aliphatic rings. The average Bonchev–Trinajstić information content (AvgIpc) is 2.28. The average molecular weight is 222 g/mol. The van der Waals surface area contributed by atoms with E-state index in [9.17, 15) is 4.79 Å². The monoisotopic (exact) mass is 222 g/mol. The number of benzene rings is 1. The Morgan fingerprint density at radius 3 is 2.75 bits per heavy atom. The van der Waals surface area contributed by atoms with Crippen molar-refractivity contribution in [3.05, 3.63) is 29.8 Å².